The molecule has 200 valence electrons. The van der Waals surface area contributed by atoms with Gasteiger partial charge in [0.05, 0.1) is 5.56 Å². The van der Waals surface area contributed by atoms with E-state index < -0.39 is 52.7 Å². The first-order valence-corrected chi connectivity index (χ1v) is 12.7. The Morgan fingerprint density at radius 1 is 1.19 bits per heavy atom. The van der Waals surface area contributed by atoms with Crippen molar-refractivity contribution in [2.24, 2.45) is 16.7 Å². The van der Waals surface area contributed by atoms with Gasteiger partial charge < -0.3 is 24.4 Å². The highest BCUT2D eigenvalue weighted by Gasteiger charge is 2.71. The van der Waals surface area contributed by atoms with Gasteiger partial charge in [0, 0.05) is 30.3 Å². The quantitative estimate of drug-likeness (QED) is 0.338. The molecule has 8 heteroatoms. The second kappa shape index (κ2) is 9.72. The minimum atomic E-state index is -1.83. The van der Waals surface area contributed by atoms with Crippen LogP contribution < -0.4 is 0 Å². The molecule has 7 unspecified atom stereocenters. The number of hydrogen-bond acceptors (Lipinski definition) is 8. The van der Waals surface area contributed by atoms with Gasteiger partial charge in [-0.05, 0) is 50.3 Å². The third kappa shape index (κ3) is 4.40. The Morgan fingerprint density at radius 2 is 1.86 bits per heavy atom. The number of rotatable bonds is 6. The van der Waals surface area contributed by atoms with Crippen LogP contribution >= 0.6 is 0 Å². The van der Waals surface area contributed by atoms with Gasteiger partial charge in [0.25, 0.3) is 0 Å². The molecule has 8 nitrogen and oxygen atoms in total. The Bertz CT molecular complexity index is 1140. The lowest BCUT2D eigenvalue weighted by Gasteiger charge is -2.66. The maximum Gasteiger partial charge on any atom is 0.338 e. The Morgan fingerprint density at radius 3 is 2.46 bits per heavy atom. The number of allylic oxidation sites excluding steroid dienone is 1. The minimum Gasteiger partial charge on any atom is -0.462 e. The molecule has 1 saturated carbocycles. The van der Waals surface area contributed by atoms with Gasteiger partial charge in [-0.15, -0.1) is 0 Å². The summed E-state index contributed by atoms with van der Waals surface area (Å²) in [6.45, 7) is 8.58. The van der Waals surface area contributed by atoms with Gasteiger partial charge >= 0.3 is 17.9 Å². The third-order valence-corrected chi connectivity index (χ3v) is 9.14. The Kier molecular flexibility index (Phi) is 7.12. The Labute approximate surface area is 217 Å². The third-order valence-electron chi connectivity index (χ3n) is 9.14. The summed E-state index contributed by atoms with van der Waals surface area (Å²) >= 11 is 0. The van der Waals surface area contributed by atoms with Crippen molar-refractivity contribution in [3.05, 3.63) is 59.2 Å². The van der Waals surface area contributed by atoms with Crippen LogP contribution in [0, 0.1) is 16.7 Å². The molecule has 1 aliphatic heterocycles. The van der Waals surface area contributed by atoms with Crippen LogP contribution in [0.25, 0.3) is 0 Å². The molecule has 0 spiro atoms. The average molecular weight is 513 g/mol. The number of hydrogen-bond donors (Lipinski definition) is 2. The van der Waals surface area contributed by atoms with E-state index in [0.717, 1.165) is 5.57 Å². The van der Waals surface area contributed by atoms with E-state index in [9.17, 15) is 24.6 Å². The Hall–Kier alpha value is -2.97. The fourth-order valence-electron chi connectivity index (χ4n) is 6.74. The molecule has 4 rings (SSSR count). The summed E-state index contributed by atoms with van der Waals surface area (Å²) in [4.78, 5) is 37.1. The van der Waals surface area contributed by atoms with Crippen molar-refractivity contribution in [1.82, 2.24) is 0 Å². The number of esters is 3. The van der Waals surface area contributed by atoms with Crippen molar-refractivity contribution >= 4 is 17.9 Å². The maximum atomic E-state index is 13.1. The summed E-state index contributed by atoms with van der Waals surface area (Å²) in [5.74, 6) is -1.94. The zero-order valence-electron chi connectivity index (χ0n) is 22.0. The highest BCUT2D eigenvalue weighted by atomic mass is 16.6. The molecule has 0 radical (unpaired) electrons. The van der Waals surface area contributed by atoms with E-state index in [2.05, 4.69) is 6.08 Å². The SMILES string of the molecule is CC(=O)OC(CC1=CC(=O)OC1)C1(C)C2CCC=C(C)C2(C)C(OC(=O)c2ccccc2)C(O)C1(C)O. The van der Waals surface area contributed by atoms with Crippen LogP contribution in [0.5, 0.6) is 0 Å². The van der Waals surface area contributed by atoms with E-state index in [0.29, 0.717) is 24.0 Å². The van der Waals surface area contributed by atoms with Gasteiger partial charge in [-0.3, -0.25) is 4.79 Å². The van der Waals surface area contributed by atoms with Crippen LogP contribution in [0.3, 0.4) is 0 Å². The Balaban J connectivity index is 1.81. The lowest BCUT2D eigenvalue weighted by molar-refractivity contribution is -0.290. The van der Waals surface area contributed by atoms with Crippen LogP contribution in [0.1, 0.15) is 64.2 Å². The summed E-state index contributed by atoms with van der Waals surface area (Å²) < 4.78 is 16.9. The number of ether oxygens (including phenoxy) is 3. The van der Waals surface area contributed by atoms with Crippen molar-refractivity contribution in [2.75, 3.05) is 6.61 Å². The number of carbonyl (C=O) groups is 3. The standard InChI is InChI=1S/C29H36O8/c1-17-10-9-13-21-27(17,3)25(37-26(33)20-11-7-6-8-12-20)24(32)29(5,34)28(21,4)22(36-18(2)30)14-19-15-23(31)35-16-19/h6-8,10-12,15,21-22,24-25,32,34H,9,13-14,16H2,1-5H3. The number of aliphatic hydroxyl groups is 2. The van der Waals surface area contributed by atoms with Gasteiger partial charge in [0.2, 0.25) is 0 Å². The highest BCUT2D eigenvalue weighted by Crippen LogP contribution is 2.64. The van der Waals surface area contributed by atoms with E-state index in [4.69, 9.17) is 14.2 Å². The fourth-order valence-corrected chi connectivity index (χ4v) is 6.74. The van der Waals surface area contributed by atoms with Crippen LogP contribution in [0.15, 0.2) is 53.6 Å². The van der Waals surface area contributed by atoms with Crippen molar-refractivity contribution in [1.29, 1.82) is 0 Å². The number of cyclic esters (lactones) is 1. The van der Waals surface area contributed by atoms with Crippen molar-refractivity contribution in [3.63, 3.8) is 0 Å². The molecule has 1 fully saturated rings. The van der Waals surface area contributed by atoms with E-state index in [1.54, 1.807) is 30.3 Å². The molecule has 1 aromatic rings. The lowest BCUT2D eigenvalue weighted by atomic mass is 9.43. The van der Waals surface area contributed by atoms with E-state index in [1.807, 2.05) is 20.8 Å². The van der Waals surface area contributed by atoms with Crippen molar-refractivity contribution in [3.8, 4) is 0 Å². The molecular weight excluding hydrogens is 476 g/mol. The molecule has 2 N–H and O–H groups in total. The number of fused-ring (bicyclic) bond motifs is 1. The molecule has 37 heavy (non-hydrogen) atoms. The van der Waals surface area contributed by atoms with E-state index in [1.165, 1.54) is 19.9 Å². The summed E-state index contributed by atoms with van der Waals surface area (Å²) in [5.41, 5.74) is -1.96. The summed E-state index contributed by atoms with van der Waals surface area (Å²) in [6.07, 6.45) is 1.50. The van der Waals surface area contributed by atoms with Crippen LogP contribution in [0.2, 0.25) is 0 Å². The molecule has 0 bridgehead atoms. The number of benzene rings is 1. The minimum absolute atomic E-state index is 0.0789. The zero-order chi connectivity index (χ0) is 27.2. The second-order valence-corrected chi connectivity index (χ2v) is 11.1. The summed E-state index contributed by atoms with van der Waals surface area (Å²) in [5, 5.41) is 23.8. The normalized spacial score (nSPS) is 36.0. The molecule has 7 atom stereocenters. The molecule has 0 amide bonds. The maximum absolute atomic E-state index is 13.1. The predicted octanol–water partition coefficient (Wildman–Crippen LogP) is 3.51. The predicted molar refractivity (Wildman–Crippen MR) is 134 cm³/mol. The van der Waals surface area contributed by atoms with Gasteiger partial charge in [0.1, 0.15) is 30.5 Å². The van der Waals surface area contributed by atoms with E-state index >= 15 is 0 Å². The monoisotopic (exact) mass is 512 g/mol. The van der Waals surface area contributed by atoms with Crippen LogP contribution in [-0.2, 0) is 23.8 Å². The molecule has 2 aliphatic carbocycles. The number of aliphatic hydroxyl groups excluding tert-OH is 1. The topological polar surface area (TPSA) is 119 Å². The zero-order valence-corrected chi connectivity index (χ0v) is 22.0. The second-order valence-electron chi connectivity index (χ2n) is 11.1. The highest BCUT2D eigenvalue weighted by molar-refractivity contribution is 5.89. The summed E-state index contributed by atoms with van der Waals surface area (Å²) in [7, 11) is 0. The molecule has 1 aromatic carbocycles. The van der Waals surface area contributed by atoms with Gasteiger partial charge in [-0.2, -0.15) is 0 Å². The van der Waals surface area contributed by atoms with Gasteiger partial charge in [-0.25, -0.2) is 9.59 Å². The van der Waals surface area contributed by atoms with Gasteiger partial charge in [0.15, 0.2) is 0 Å². The number of carbonyl (C=O) groups excluding carboxylic acids is 3. The van der Waals surface area contributed by atoms with Crippen molar-refractivity contribution in [2.45, 2.75) is 77.8 Å². The first-order chi connectivity index (χ1) is 17.3. The molecule has 0 saturated heterocycles. The lowest BCUT2D eigenvalue weighted by Crippen LogP contribution is -2.75. The van der Waals surface area contributed by atoms with Gasteiger partial charge in [-0.1, -0.05) is 43.7 Å². The first kappa shape index (κ1) is 27.1. The largest absolute Gasteiger partial charge is 0.462 e. The van der Waals surface area contributed by atoms with Crippen molar-refractivity contribution < 1.29 is 38.8 Å². The first-order valence-electron chi connectivity index (χ1n) is 12.7. The van der Waals surface area contributed by atoms with E-state index in [-0.39, 0.29) is 18.9 Å². The van der Waals surface area contributed by atoms with Crippen LogP contribution in [-0.4, -0.2) is 58.6 Å². The van der Waals surface area contributed by atoms with Crippen LogP contribution in [0.4, 0.5) is 0 Å². The molecule has 1 heterocycles. The molecular formula is C29H36O8. The fraction of sp³-hybridized carbons (Fsp3) is 0.552. The smallest absolute Gasteiger partial charge is 0.338 e. The average Bonchev–Trinajstić information content (AvgIpc) is 3.26. The molecule has 3 aliphatic rings. The molecule has 0 aromatic heterocycles. The summed E-state index contributed by atoms with van der Waals surface area (Å²) in [6, 6.07) is 8.53.